The smallest absolute Gasteiger partial charge is 0.305 e. The third-order valence-electron chi connectivity index (χ3n) is 6.82. The quantitative estimate of drug-likeness (QED) is 0.153. The standard InChI is InChI=1S/C31H42O7/c1-6-9-25-27(16-12-22-11-13-23(38-30(22)25)14-18-29(33)34-4)36-19-8-20-37-28-17-15-24(21(3)32)31(35-5)26(28)10-7-2/h12,15-17,23H,6-11,13-14,18-20H2,1-5H3. The third-order valence-corrected chi connectivity index (χ3v) is 6.82. The number of esters is 1. The van der Waals surface area contributed by atoms with Gasteiger partial charge in [0, 0.05) is 24.0 Å². The van der Waals surface area contributed by atoms with Gasteiger partial charge in [0.25, 0.3) is 0 Å². The van der Waals surface area contributed by atoms with Crippen LogP contribution in [0.4, 0.5) is 0 Å². The van der Waals surface area contributed by atoms with Crippen LogP contribution in [0.2, 0.25) is 0 Å². The number of ketones is 1. The maximum atomic E-state index is 12.0. The summed E-state index contributed by atoms with van der Waals surface area (Å²) in [5.74, 6) is 2.90. The van der Waals surface area contributed by atoms with E-state index < -0.39 is 0 Å². The highest BCUT2D eigenvalue weighted by Crippen LogP contribution is 2.39. The number of methoxy groups -OCH3 is 2. The Balaban J connectivity index is 1.62. The number of benzene rings is 2. The van der Waals surface area contributed by atoms with Crippen LogP contribution < -0.4 is 18.9 Å². The van der Waals surface area contributed by atoms with Crippen LogP contribution >= 0.6 is 0 Å². The minimum atomic E-state index is -0.206. The maximum absolute atomic E-state index is 12.0. The topological polar surface area (TPSA) is 80.3 Å². The van der Waals surface area contributed by atoms with E-state index in [4.69, 9.17) is 23.7 Å². The predicted octanol–water partition coefficient (Wildman–Crippen LogP) is 6.30. The van der Waals surface area contributed by atoms with Crippen LogP contribution in [0.3, 0.4) is 0 Å². The van der Waals surface area contributed by atoms with Gasteiger partial charge in [0.15, 0.2) is 5.78 Å². The molecule has 7 nitrogen and oxygen atoms in total. The van der Waals surface area contributed by atoms with Crippen molar-refractivity contribution in [2.45, 2.75) is 84.7 Å². The second-order valence-electron chi connectivity index (χ2n) is 9.65. The summed E-state index contributed by atoms with van der Waals surface area (Å²) in [6.07, 6.45) is 7.07. The van der Waals surface area contributed by atoms with Gasteiger partial charge >= 0.3 is 5.97 Å². The molecule has 2 aromatic rings. The average Bonchev–Trinajstić information content (AvgIpc) is 2.92. The fourth-order valence-corrected chi connectivity index (χ4v) is 4.92. The monoisotopic (exact) mass is 526 g/mol. The molecule has 0 N–H and O–H groups in total. The van der Waals surface area contributed by atoms with Gasteiger partial charge in [0.05, 0.1) is 39.1 Å². The molecule has 208 valence electrons. The number of carbonyl (C=O) groups excluding carboxylic acids is 2. The zero-order valence-electron chi connectivity index (χ0n) is 23.5. The number of rotatable bonds is 15. The Morgan fingerprint density at radius 3 is 2.24 bits per heavy atom. The molecular weight excluding hydrogens is 484 g/mol. The molecule has 0 saturated heterocycles. The fraction of sp³-hybridized carbons (Fsp3) is 0.548. The summed E-state index contributed by atoms with van der Waals surface area (Å²) in [7, 11) is 3.01. The van der Waals surface area contributed by atoms with Gasteiger partial charge in [-0.15, -0.1) is 0 Å². The third kappa shape index (κ3) is 7.42. The van der Waals surface area contributed by atoms with Crippen molar-refractivity contribution in [2.24, 2.45) is 0 Å². The summed E-state index contributed by atoms with van der Waals surface area (Å²) in [4.78, 5) is 23.6. The number of aryl methyl sites for hydroxylation is 1. The van der Waals surface area contributed by atoms with Gasteiger partial charge in [0.2, 0.25) is 0 Å². The molecule has 0 spiro atoms. The van der Waals surface area contributed by atoms with Crippen molar-refractivity contribution in [3.63, 3.8) is 0 Å². The first-order chi connectivity index (χ1) is 18.4. The lowest BCUT2D eigenvalue weighted by Crippen LogP contribution is -2.25. The molecular formula is C31H42O7. The number of Topliss-reactive ketones (excluding diaryl/α,β-unsaturated/α-hetero) is 1. The summed E-state index contributed by atoms with van der Waals surface area (Å²) in [6, 6.07) is 7.78. The van der Waals surface area contributed by atoms with Crippen molar-refractivity contribution >= 4 is 11.8 Å². The molecule has 1 aliphatic heterocycles. The highest BCUT2D eigenvalue weighted by molar-refractivity contribution is 5.97. The number of fused-ring (bicyclic) bond motifs is 1. The summed E-state index contributed by atoms with van der Waals surface area (Å²) >= 11 is 0. The number of hydrogen-bond acceptors (Lipinski definition) is 7. The van der Waals surface area contributed by atoms with Crippen molar-refractivity contribution in [3.05, 3.63) is 46.5 Å². The van der Waals surface area contributed by atoms with Gasteiger partial charge in [-0.3, -0.25) is 9.59 Å². The predicted molar refractivity (Wildman–Crippen MR) is 147 cm³/mol. The second-order valence-corrected chi connectivity index (χ2v) is 9.65. The van der Waals surface area contributed by atoms with E-state index in [9.17, 15) is 9.59 Å². The van der Waals surface area contributed by atoms with E-state index >= 15 is 0 Å². The lowest BCUT2D eigenvalue weighted by Gasteiger charge is -2.29. The van der Waals surface area contributed by atoms with E-state index in [1.54, 1.807) is 20.1 Å². The van der Waals surface area contributed by atoms with E-state index in [1.165, 1.54) is 12.7 Å². The average molecular weight is 527 g/mol. The zero-order valence-corrected chi connectivity index (χ0v) is 23.5. The molecule has 0 aromatic heterocycles. The van der Waals surface area contributed by atoms with Crippen LogP contribution in [-0.4, -0.2) is 45.3 Å². The Bertz CT molecular complexity index is 1090. The van der Waals surface area contributed by atoms with Crippen LogP contribution in [0, 0.1) is 0 Å². The number of carbonyl (C=O) groups is 2. The van der Waals surface area contributed by atoms with Gasteiger partial charge in [-0.1, -0.05) is 32.8 Å². The van der Waals surface area contributed by atoms with E-state index in [-0.39, 0.29) is 17.9 Å². The zero-order chi connectivity index (χ0) is 27.5. The summed E-state index contributed by atoms with van der Waals surface area (Å²) < 4.78 is 29.1. The molecule has 0 bridgehead atoms. The summed E-state index contributed by atoms with van der Waals surface area (Å²) in [5, 5.41) is 0. The summed E-state index contributed by atoms with van der Waals surface area (Å²) in [6.45, 7) is 6.78. The SMILES string of the molecule is CCCc1c(OCCCOc2ccc(C(C)=O)c(OC)c2CCC)ccc2c1OC(CCC(=O)OC)CC2. The van der Waals surface area contributed by atoms with Crippen molar-refractivity contribution in [3.8, 4) is 23.0 Å². The lowest BCUT2D eigenvalue weighted by atomic mass is 9.95. The molecule has 0 aliphatic carbocycles. The summed E-state index contributed by atoms with van der Waals surface area (Å²) in [5.41, 5.74) is 3.81. The van der Waals surface area contributed by atoms with E-state index in [0.29, 0.717) is 43.8 Å². The molecule has 1 aliphatic rings. The first kappa shape index (κ1) is 29.3. The van der Waals surface area contributed by atoms with Gasteiger partial charge in [-0.2, -0.15) is 0 Å². The fourth-order valence-electron chi connectivity index (χ4n) is 4.92. The molecule has 0 radical (unpaired) electrons. The van der Waals surface area contributed by atoms with E-state index in [1.807, 2.05) is 12.1 Å². The highest BCUT2D eigenvalue weighted by Gasteiger charge is 2.25. The van der Waals surface area contributed by atoms with Gasteiger partial charge < -0.3 is 23.7 Å². The van der Waals surface area contributed by atoms with Crippen molar-refractivity contribution < 1.29 is 33.3 Å². The molecule has 0 fully saturated rings. The highest BCUT2D eigenvalue weighted by atomic mass is 16.5. The Morgan fingerprint density at radius 1 is 0.947 bits per heavy atom. The lowest BCUT2D eigenvalue weighted by molar-refractivity contribution is -0.141. The molecule has 2 aromatic carbocycles. The van der Waals surface area contributed by atoms with Crippen molar-refractivity contribution in [1.82, 2.24) is 0 Å². The van der Waals surface area contributed by atoms with Gasteiger partial charge in [-0.05, 0) is 62.8 Å². The molecule has 1 atom stereocenters. The van der Waals surface area contributed by atoms with Crippen molar-refractivity contribution in [2.75, 3.05) is 27.4 Å². The van der Waals surface area contributed by atoms with E-state index in [2.05, 4.69) is 19.9 Å². The minimum Gasteiger partial charge on any atom is -0.496 e. The van der Waals surface area contributed by atoms with E-state index in [0.717, 1.165) is 66.9 Å². The van der Waals surface area contributed by atoms with Gasteiger partial charge in [0.1, 0.15) is 23.0 Å². The first-order valence-electron chi connectivity index (χ1n) is 13.8. The Labute approximate surface area is 226 Å². The molecule has 3 rings (SSSR count). The molecule has 0 saturated carbocycles. The Morgan fingerprint density at radius 2 is 1.61 bits per heavy atom. The number of hydrogen-bond donors (Lipinski definition) is 0. The van der Waals surface area contributed by atoms with Crippen LogP contribution in [0.5, 0.6) is 23.0 Å². The van der Waals surface area contributed by atoms with Crippen LogP contribution in [-0.2, 0) is 28.8 Å². The van der Waals surface area contributed by atoms with Crippen LogP contribution in [0.15, 0.2) is 24.3 Å². The molecule has 7 heteroatoms. The molecule has 1 unspecified atom stereocenters. The molecule has 0 amide bonds. The Kier molecular flexibility index (Phi) is 11.3. The largest absolute Gasteiger partial charge is 0.496 e. The minimum absolute atomic E-state index is 0.00422. The number of ether oxygens (including phenoxy) is 5. The second kappa shape index (κ2) is 14.6. The molecule has 1 heterocycles. The van der Waals surface area contributed by atoms with Crippen LogP contribution in [0.25, 0.3) is 0 Å². The van der Waals surface area contributed by atoms with Crippen LogP contribution in [0.1, 0.15) is 86.3 Å². The maximum Gasteiger partial charge on any atom is 0.305 e. The van der Waals surface area contributed by atoms with Crippen molar-refractivity contribution in [1.29, 1.82) is 0 Å². The normalized spacial score (nSPS) is 14.3. The first-order valence-corrected chi connectivity index (χ1v) is 13.8. The Hall–Kier alpha value is -3.22. The van der Waals surface area contributed by atoms with Gasteiger partial charge in [-0.25, -0.2) is 0 Å². The molecule has 38 heavy (non-hydrogen) atoms.